The molecule has 0 aliphatic carbocycles. The summed E-state index contributed by atoms with van der Waals surface area (Å²) in [5.41, 5.74) is 1.06. The van der Waals surface area contributed by atoms with E-state index in [9.17, 15) is 0 Å². The maximum atomic E-state index is 6.06. The highest BCUT2D eigenvalue weighted by Crippen LogP contribution is 2.37. The van der Waals surface area contributed by atoms with Crippen molar-refractivity contribution >= 4 is 46.1 Å². The Hall–Kier alpha value is -0.160. The Labute approximate surface area is 93.3 Å². The van der Waals surface area contributed by atoms with E-state index < -0.39 is 0 Å². The predicted octanol–water partition coefficient (Wildman–Crippen LogP) is 3.88. The number of aromatic nitrogens is 2. The first-order chi connectivity index (χ1) is 6.18. The summed E-state index contributed by atoms with van der Waals surface area (Å²) < 4.78 is 3.89. The lowest BCUT2D eigenvalue weighted by atomic mass is 10.3. The van der Waals surface area contributed by atoms with Crippen molar-refractivity contribution < 1.29 is 0 Å². The summed E-state index contributed by atoms with van der Waals surface area (Å²) in [6.45, 7) is 1.96. The van der Waals surface area contributed by atoms with Crippen molar-refractivity contribution in [1.29, 1.82) is 0 Å². The van der Waals surface area contributed by atoms with Crippen LogP contribution in [0.2, 0.25) is 10.3 Å². The van der Waals surface area contributed by atoms with E-state index in [1.807, 2.05) is 12.3 Å². The monoisotopic (exact) mass is 250 g/mol. The molecule has 2 heterocycles. The van der Waals surface area contributed by atoms with E-state index in [2.05, 4.69) is 9.36 Å². The van der Waals surface area contributed by atoms with E-state index in [1.165, 1.54) is 11.5 Å². The van der Waals surface area contributed by atoms with Gasteiger partial charge in [0.2, 0.25) is 5.28 Å². The third-order valence-electron chi connectivity index (χ3n) is 1.49. The number of hydrogen-bond acceptors (Lipinski definition) is 4. The average molecular weight is 251 g/mol. The lowest BCUT2D eigenvalue weighted by Gasteiger charge is -1.89. The molecule has 0 saturated carbocycles. The van der Waals surface area contributed by atoms with Gasteiger partial charge in [0.05, 0.1) is 9.90 Å². The SMILES string of the molecule is Cc1csc(-c2nc(Cl)ns2)c1Cl. The molecule has 2 aromatic rings. The molecule has 0 N–H and O–H groups in total. The average Bonchev–Trinajstić information content (AvgIpc) is 2.62. The number of rotatable bonds is 1. The predicted molar refractivity (Wildman–Crippen MR) is 58.0 cm³/mol. The fraction of sp³-hybridized carbons (Fsp3) is 0.143. The van der Waals surface area contributed by atoms with Gasteiger partial charge >= 0.3 is 0 Å². The third kappa shape index (κ3) is 1.72. The topological polar surface area (TPSA) is 25.8 Å². The molecule has 68 valence electrons. The zero-order chi connectivity index (χ0) is 9.42. The van der Waals surface area contributed by atoms with E-state index >= 15 is 0 Å². The molecule has 13 heavy (non-hydrogen) atoms. The molecule has 0 saturated heterocycles. The quantitative estimate of drug-likeness (QED) is 0.768. The number of aryl methyl sites for hydroxylation is 1. The van der Waals surface area contributed by atoms with Gasteiger partial charge in [-0.3, -0.25) is 0 Å². The van der Waals surface area contributed by atoms with Gasteiger partial charge in [-0.25, -0.2) is 4.98 Å². The first-order valence-corrected chi connectivity index (χ1v) is 5.82. The summed E-state index contributed by atoms with van der Waals surface area (Å²) in [5.74, 6) is 0. The van der Waals surface area contributed by atoms with E-state index in [-0.39, 0.29) is 5.28 Å². The van der Waals surface area contributed by atoms with Gasteiger partial charge in [-0.15, -0.1) is 11.3 Å². The van der Waals surface area contributed by atoms with Gasteiger partial charge in [0.1, 0.15) is 0 Å². The van der Waals surface area contributed by atoms with Crippen LogP contribution in [-0.4, -0.2) is 9.36 Å². The van der Waals surface area contributed by atoms with E-state index in [4.69, 9.17) is 23.2 Å². The van der Waals surface area contributed by atoms with Crippen molar-refractivity contribution in [2.75, 3.05) is 0 Å². The molecular formula is C7H4Cl2N2S2. The molecule has 0 radical (unpaired) electrons. The lowest BCUT2D eigenvalue weighted by molar-refractivity contribution is 1.33. The van der Waals surface area contributed by atoms with Gasteiger partial charge in [-0.2, -0.15) is 4.37 Å². The molecule has 0 aliphatic rings. The molecule has 2 nitrogen and oxygen atoms in total. The van der Waals surface area contributed by atoms with Crippen LogP contribution in [-0.2, 0) is 0 Å². The maximum Gasteiger partial charge on any atom is 0.234 e. The first-order valence-electron chi connectivity index (χ1n) is 3.41. The van der Waals surface area contributed by atoms with Gasteiger partial charge < -0.3 is 0 Å². The Morgan fingerprint density at radius 1 is 1.38 bits per heavy atom. The van der Waals surface area contributed by atoms with E-state index in [0.29, 0.717) is 0 Å². The summed E-state index contributed by atoms with van der Waals surface area (Å²) in [4.78, 5) is 5.00. The molecule has 2 rings (SSSR count). The minimum Gasteiger partial charge on any atom is -0.204 e. The summed E-state index contributed by atoms with van der Waals surface area (Å²) >= 11 is 14.5. The second-order valence-electron chi connectivity index (χ2n) is 2.43. The Morgan fingerprint density at radius 3 is 2.62 bits per heavy atom. The smallest absolute Gasteiger partial charge is 0.204 e. The van der Waals surface area contributed by atoms with Gasteiger partial charge in [-0.1, -0.05) is 11.6 Å². The summed E-state index contributed by atoms with van der Waals surface area (Å²) in [6, 6.07) is 0. The Balaban J connectivity index is 2.52. The van der Waals surface area contributed by atoms with Crippen LogP contribution in [0.3, 0.4) is 0 Å². The number of thiophene rings is 1. The standard InChI is InChI=1S/C7H4Cl2N2S2/c1-3-2-12-5(4(3)8)6-10-7(9)11-13-6/h2H,1H3. The van der Waals surface area contributed by atoms with Gasteiger partial charge in [0, 0.05) is 0 Å². The van der Waals surface area contributed by atoms with Crippen molar-refractivity contribution in [3.63, 3.8) is 0 Å². The third-order valence-corrected chi connectivity index (χ3v) is 4.33. The summed E-state index contributed by atoms with van der Waals surface area (Å²) in [7, 11) is 0. The molecule has 0 unspecified atom stereocenters. The second kappa shape index (κ2) is 3.53. The fourth-order valence-electron chi connectivity index (χ4n) is 0.872. The Morgan fingerprint density at radius 2 is 2.15 bits per heavy atom. The fourth-order valence-corrected chi connectivity index (χ4v) is 3.10. The van der Waals surface area contributed by atoms with Crippen molar-refractivity contribution in [3.8, 4) is 9.88 Å². The number of halogens is 2. The molecular weight excluding hydrogens is 247 g/mol. The zero-order valence-electron chi connectivity index (χ0n) is 6.54. The molecule has 0 aromatic carbocycles. The molecule has 0 atom stereocenters. The highest BCUT2D eigenvalue weighted by molar-refractivity contribution is 7.19. The number of nitrogens with zero attached hydrogens (tertiary/aromatic N) is 2. The first kappa shape index (κ1) is 9.40. The van der Waals surface area contributed by atoms with Crippen molar-refractivity contribution in [2.45, 2.75) is 6.92 Å². The maximum absolute atomic E-state index is 6.06. The van der Waals surface area contributed by atoms with Crippen LogP contribution in [0.25, 0.3) is 9.88 Å². The Kier molecular flexibility index (Phi) is 2.55. The highest BCUT2D eigenvalue weighted by Gasteiger charge is 2.12. The molecule has 0 spiro atoms. The minimum atomic E-state index is 0.280. The van der Waals surface area contributed by atoms with Crippen LogP contribution in [0.15, 0.2) is 5.38 Å². The van der Waals surface area contributed by atoms with Crippen LogP contribution >= 0.6 is 46.1 Å². The Bertz CT molecular complexity index is 435. The van der Waals surface area contributed by atoms with E-state index in [0.717, 1.165) is 20.5 Å². The van der Waals surface area contributed by atoms with Gasteiger partial charge in [0.15, 0.2) is 5.01 Å². The molecule has 6 heteroatoms. The number of hydrogen-bond donors (Lipinski definition) is 0. The molecule has 0 bridgehead atoms. The van der Waals surface area contributed by atoms with Gasteiger partial charge in [0.25, 0.3) is 0 Å². The van der Waals surface area contributed by atoms with Crippen LogP contribution in [0.5, 0.6) is 0 Å². The van der Waals surface area contributed by atoms with Crippen molar-refractivity contribution in [3.05, 3.63) is 21.2 Å². The molecule has 0 fully saturated rings. The molecule has 2 aromatic heterocycles. The second-order valence-corrected chi connectivity index (χ2v) is 4.78. The van der Waals surface area contributed by atoms with Crippen LogP contribution < -0.4 is 0 Å². The van der Waals surface area contributed by atoms with E-state index in [1.54, 1.807) is 11.3 Å². The largest absolute Gasteiger partial charge is 0.234 e. The zero-order valence-corrected chi connectivity index (χ0v) is 9.69. The minimum absolute atomic E-state index is 0.280. The lowest BCUT2D eigenvalue weighted by Crippen LogP contribution is -1.71. The summed E-state index contributed by atoms with van der Waals surface area (Å²) in [6.07, 6.45) is 0. The molecule has 0 aliphatic heterocycles. The van der Waals surface area contributed by atoms with Crippen LogP contribution in [0.4, 0.5) is 0 Å². The summed E-state index contributed by atoms with van der Waals surface area (Å²) in [5, 5.41) is 3.81. The van der Waals surface area contributed by atoms with Gasteiger partial charge in [-0.05, 0) is 41.0 Å². The van der Waals surface area contributed by atoms with Crippen molar-refractivity contribution in [2.24, 2.45) is 0 Å². The molecule has 0 amide bonds. The van der Waals surface area contributed by atoms with Crippen LogP contribution in [0.1, 0.15) is 5.56 Å². The highest BCUT2D eigenvalue weighted by atomic mass is 35.5. The van der Waals surface area contributed by atoms with Crippen molar-refractivity contribution in [1.82, 2.24) is 9.36 Å². The normalized spacial score (nSPS) is 10.7. The van der Waals surface area contributed by atoms with Crippen LogP contribution in [0, 0.1) is 6.92 Å².